The van der Waals surface area contributed by atoms with Gasteiger partial charge in [-0.05, 0) is 54.2 Å². The standard InChI is InChI=1S/C29H15F9N2O/c1-2-3-4-16-13-39-25(40-14-16)6-5-15-7-19(30)26(20(31)8-15)17-9-21(32)27(22(33)10-17)29(37,38)41-18-11-23(34)28(36)24(35)12-18/h2,7-14H,1,3-4H2. The van der Waals surface area contributed by atoms with Gasteiger partial charge in [-0.25, -0.2) is 40.7 Å². The number of alkyl halides is 2. The Bertz CT molecular complexity index is 1620. The largest absolute Gasteiger partial charge is 0.432 e. The minimum absolute atomic E-state index is 0.0389. The van der Waals surface area contributed by atoms with E-state index in [0.29, 0.717) is 12.8 Å². The van der Waals surface area contributed by atoms with Gasteiger partial charge in [0.2, 0.25) is 5.82 Å². The predicted octanol–water partition coefficient (Wildman–Crippen LogP) is 7.76. The van der Waals surface area contributed by atoms with Crippen LogP contribution in [0.3, 0.4) is 0 Å². The number of allylic oxidation sites excluding steroid dienone is 1. The number of benzene rings is 3. The quantitative estimate of drug-likeness (QED) is 0.0974. The van der Waals surface area contributed by atoms with Crippen molar-refractivity contribution in [1.82, 2.24) is 9.97 Å². The fourth-order valence-electron chi connectivity index (χ4n) is 3.65. The Morgan fingerprint density at radius 2 is 1.32 bits per heavy atom. The molecule has 41 heavy (non-hydrogen) atoms. The van der Waals surface area contributed by atoms with Crippen LogP contribution in [0.1, 0.15) is 28.9 Å². The van der Waals surface area contributed by atoms with Gasteiger partial charge in [-0.3, -0.25) is 0 Å². The highest BCUT2D eigenvalue weighted by Crippen LogP contribution is 2.38. The molecule has 4 aromatic rings. The number of halogens is 9. The number of hydrogen-bond donors (Lipinski definition) is 0. The van der Waals surface area contributed by atoms with E-state index in [-0.39, 0.29) is 35.7 Å². The summed E-state index contributed by atoms with van der Waals surface area (Å²) in [6.45, 7) is 3.61. The molecule has 0 radical (unpaired) electrons. The van der Waals surface area contributed by atoms with Gasteiger partial charge in [-0.1, -0.05) is 12.0 Å². The first-order chi connectivity index (χ1) is 19.4. The number of ether oxygens (including phenoxy) is 1. The Hall–Kier alpha value is -4.79. The van der Waals surface area contributed by atoms with E-state index < -0.39 is 69.3 Å². The molecule has 0 saturated carbocycles. The predicted molar refractivity (Wildman–Crippen MR) is 129 cm³/mol. The molecule has 3 aromatic carbocycles. The molecule has 3 nitrogen and oxygen atoms in total. The van der Waals surface area contributed by atoms with E-state index >= 15 is 0 Å². The van der Waals surface area contributed by atoms with Gasteiger partial charge in [0.25, 0.3) is 0 Å². The van der Waals surface area contributed by atoms with Gasteiger partial charge in [0.05, 0.1) is 5.56 Å². The average Bonchev–Trinajstić information content (AvgIpc) is 2.88. The molecule has 0 bridgehead atoms. The molecule has 0 spiro atoms. The van der Waals surface area contributed by atoms with Crippen LogP contribution in [-0.4, -0.2) is 9.97 Å². The highest BCUT2D eigenvalue weighted by Gasteiger charge is 2.41. The van der Waals surface area contributed by atoms with Crippen LogP contribution in [0, 0.1) is 52.6 Å². The minimum atomic E-state index is -4.87. The third-order valence-corrected chi connectivity index (χ3v) is 5.53. The van der Waals surface area contributed by atoms with Gasteiger partial charge in [-0.2, -0.15) is 8.78 Å². The van der Waals surface area contributed by atoms with Gasteiger partial charge in [0.1, 0.15) is 34.6 Å². The van der Waals surface area contributed by atoms with Crippen molar-refractivity contribution in [2.45, 2.75) is 19.0 Å². The topological polar surface area (TPSA) is 35.0 Å². The van der Waals surface area contributed by atoms with Crippen molar-refractivity contribution in [2.75, 3.05) is 0 Å². The van der Waals surface area contributed by atoms with Gasteiger partial charge < -0.3 is 4.74 Å². The molecule has 1 aromatic heterocycles. The van der Waals surface area contributed by atoms with Crippen LogP contribution in [-0.2, 0) is 12.5 Å². The molecule has 0 N–H and O–H groups in total. The van der Waals surface area contributed by atoms with Crippen molar-refractivity contribution in [1.29, 1.82) is 0 Å². The van der Waals surface area contributed by atoms with Crippen LogP contribution >= 0.6 is 0 Å². The summed E-state index contributed by atoms with van der Waals surface area (Å²) in [6, 6.07) is 2.02. The molecule has 0 aliphatic rings. The highest BCUT2D eigenvalue weighted by atomic mass is 19.3. The van der Waals surface area contributed by atoms with E-state index in [0.717, 1.165) is 17.7 Å². The van der Waals surface area contributed by atoms with Crippen LogP contribution in [0.2, 0.25) is 0 Å². The van der Waals surface area contributed by atoms with Crippen LogP contribution in [0.4, 0.5) is 39.5 Å². The van der Waals surface area contributed by atoms with Crippen molar-refractivity contribution in [3.05, 3.63) is 125 Å². The van der Waals surface area contributed by atoms with Crippen molar-refractivity contribution in [3.8, 4) is 28.7 Å². The highest BCUT2D eigenvalue weighted by molar-refractivity contribution is 5.67. The molecular formula is C29H15F9N2O. The number of nitrogens with zero attached hydrogens (tertiary/aromatic N) is 2. The van der Waals surface area contributed by atoms with Gasteiger partial charge in [-0.15, -0.1) is 6.58 Å². The zero-order chi connectivity index (χ0) is 29.9. The third-order valence-electron chi connectivity index (χ3n) is 5.53. The van der Waals surface area contributed by atoms with Crippen molar-refractivity contribution in [2.24, 2.45) is 0 Å². The Balaban J connectivity index is 1.61. The molecule has 4 rings (SSSR count). The molecular weight excluding hydrogens is 563 g/mol. The Morgan fingerprint density at radius 1 is 0.756 bits per heavy atom. The van der Waals surface area contributed by atoms with E-state index in [9.17, 15) is 39.5 Å². The van der Waals surface area contributed by atoms with Crippen molar-refractivity contribution >= 4 is 0 Å². The smallest absolute Gasteiger partial charge is 0.429 e. The maximum Gasteiger partial charge on any atom is 0.432 e. The molecule has 12 heteroatoms. The average molecular weight is 578 g/mol. The second-order valence-corrected chi connectivity index (χ2v) is 8.44. The Kier molecular flexibility index (Phi) is 8.37. The lowest BCUT2D eigenvalue weighted by Crippen LogP contribution is -2.25. The van der Waals surface area contributed by atoms with E-state index in [2.05, 4.69) is 33.1 Å². The van der Waals surface area contributed by atoms with Crippen LogP contribution in [0.5, 0.6) is 5.75 Å². The molecule has 0 atom stereocenters. The lowest BCUT2D eigenvalue weighted by atomic mass is 9.99. The molecule has 0 aliphatic carbocycles. The molecule has 0 unspecified atom stereocenters. The zero-order valence-electron chi connectivity index (χ0n) is 20.5. The monoisotopic (exact) mass is 578 g/mol. The summed E-state index contributed by atoms with van der Waals surface area (Å²) in [5.41, 5.74) is -3.12. The molecule has 0 fully saturated rings. The molecule has 0 amide bonds. The normalized spacial score (nSPS) is 11.1. The molecule has 0 saturated heterocycles. The van der Waals surface area contributed by atoms with Crippen LogP contribution in [0.25, 0.3) is 11.1 Å². The molecule has 1 heterocycles. The summed E-state index contributed by atoms with van der Waals surface area (Å²) in [7, 11) is 0. The second kappa shape index (κ2) is 11.8. The van der Waals surface area contributed by atoms with Gasteiger partial charge >= 0.3 is 6.11 Å². The molecule has 0 aliphatic heterocycles. The third kappa shape index (κ3) is 6.51. The van der Waals surface area contributed by atoms with Gasteiger partial charge in [0.15, 0.2) is 17.5 Å². The summed E-state index contributed by atoms with van der Waals surface area (Å²) in [5.74, 6) is -8.64. The molecule has 210 valence electrons. The van der Waals surface area contributed by atoms with Crippen LogP contribution < -0.4 is 4.74 Å². The van der Waals surface area contributed by atoms with Crippen molar-refractivity contribution < 1.29 is 44.3 Å². The first-order valence-corrected chi connectivity index (χ1v) is 11.5. The Labute approximate surface area is 227 Å². The Morgan fingerprint density at radius 3 is 1.85 bits per heavy atom. The maximum absolute atomic E-state index is 14.8. The first-order valence-electron chi connectivity index (χ1n) is 11.5. The minimum Gasteiger partial charge on any atom is -0.429 e. The fraction of sp³-hybridized carbons (Fsp3) is 0.103. The number of aromatic nitrogens is 2. The number of rotatable bonds is 7. The first kappa shape index (κ1) is 29.2. The number of hydrogen-bond acceptors (Lipinski definition) is 3. The summed E-state index contributed by atoms with van der Waals surface area (Å²) < 4.78 is 132. The van der Waals surface area contributed by atoms with E-state index in [1.165, 1.54) is 12.4 Å². The lowest BCUT2D eigenvalue weighted by Gasteiger charge is -2.20. The SMILES string of the molecule is C=CCCc1cnc(C#Cc2cc(F)c(-c3cc(F)c(C(F)(F)Oc4cc(F)c(F)c(F)c4)c(F)c3)c(F)c2)nc1. The maximum atomic E-state index is 14.8. The van der Waals surface area contributed by atoms with Crippen LogP contribution in [0.15, 0.2) is 61.4 Å². The summed E-state index contributed by atoms with van der Waals surface area (Å²) in [5, 5.41) is 0. The van der Waals surface area contributed by atoms with Gasteiger partial charge in [0, 0.05) is 30.1 Å². The zero-order valence-corrected chi connectivity index (χ0v) is 20.5. The lowest BCUT2D eigenvalue weighted by molar-refractivity contribution is -0.189. The summed E-state index contributed by atoms with van der Waals surface area (Å²) in [6.07, 6.45) is 1.29. The van der Waals surface area contributed by atoms with E-state index in [1.807, 2.05) is 0 Å². The van der Waals surface area contributed by atoms with E-state index in [4.69, 9.17) is 0 Å². The summed E-state index contributed by atoms with van der Waals surface area (Å²) >= 11 is 0. The summed E-state index contributed by atoms with van der Waals surface area (Å²) in [4.78, 5) is 8.06. The van der Waals surface area contributed by atoms with Crippen molar-refractivity contribution in [3.63, 3.8) is 0 Å². The number of aryl methyl sites for hydroxylation is 1. The fourth-order valence-corrected chi connectivity index (χ4v) is 3.65. The van der Waals surface area contributed by atoms with E-state index in [1.54, 1.807) is 6.08 Å². The second-order valence-electron chi connectivity index (χ2n) is 8.44.